The molecule has 7 rings (SSSR count). The molecule has 0 aromatic heterocycles. The molecule has 0 aliphatic carbocycles. The molecule has 1 unspecified atom stereocenters. The molecule has 2 aliphatic rings. The Kier molecular flexibility index (Phi) is 3.66. The lowest BCUT2D eigenvalue weighted by atomic mass is 9.93. The van der Waals surface area contributed by atoms with Gasteiger partial charge in [-0.15, -0.1) is 11.4 Å². The van der Waals surface area contributed by atoms with Crippen molar-refractivity contribution in [2.24, 2.45) is 0 Å². The summed E-state index contributed by atoms with van der Waals surface area (Å²) in [5.74, 6) is 0. The van der Waals surface area contributed by atoms with E-state index in [-0.39, 0.29) is 0 Å². The van der Waals surface area contributed by atoms with Gasteiger partial charge in [0.25, 0.3) is 0 Å². The van der Waals surface area contributed by atoms with Crippen LogP contribution in [0.25, 0.3) is 27.4 Å². The maximum Gasteiger partial charge on any atom is 0.157 e. The molecule has 0 saturated carbocycles. The topological polar surface area (TPSA) is 18.5 Å². The first kappa shape index (κ1) is 17.5. The van der Waals surface area contributed by atoms with Gasteiger partial charge in [-0.2, -0.15) is 0 Å². The first-order chi connectivity index (χ1) is 15.9. The molecule has 150 valence electrons. The van der Waals surface area contributed by atoms with Crippen molar-refractivity contribution in [1.82, 2.24) is 0 Å². The zero-order chi connectivity index (χ0) is 21.1. The minimum Gasteiger partial charge on any atom is -0.657 e. The Hall–Kier alpha value is -4.14. The van der Waals surface area contributed by atoms with Crippen LogP contribution in [0, 0.1) is 0 Å². The van der Waals surface area contributed by atoms with Gasteiger partial charge in [0.1, 0.15) is 5.69 Å². The van der Waals surface area contributed by atoms with E-state index in [1.165, 1.54) is 55.0 Å². The Morgan fingerprint density at radius 1 is 0.500 bits per heavy atom. The molecule has 2 heterocycles. The molecule has 1 N–H and O–H groups in total. The second-order valence-electron chi connectivity index (χ2n) is 8.35. The van der Waals surface area contributed by atoms with Crippen LogP contribution >= 0.6 is 0 Å². The van der Waals surface area contributed by atoms with Gasteiger partial charge in [0.2, 0.25) is 0 Å². The van der Waals surface area contributed by atoms with Gasteiger partial charge in [0.15, 0.2) is 11.4 Å². The van der Waals surface area contributed by atoms with Crippen LogP contribution in [0.15, 0.2) is 115 Å². The molecule has 5 aromatic carbocycles. The molecule has 32 heavy (non-hydrogen) atoms. The maximum absolute atomic E-state index is 5.09. The van der Waals surface area contributed by atoms with Crippen molar-refractivity contribution >= 4 is 44.8 Å². The molecule has 0 saturated heterocycles. The smallest absolute Gasteiger partial charge is 0.157 e. The van der Waals surface area contributed by atoms with Crippen LogP contribution in [0.4, 0.5) is 22.7 Å². The van der Waals surface area contributed by atoms with E-state index >= 15 is 0 Å². The van der Waals surface area contributed by atoms with E-state index in [1.807, 2.05) is 0 Å². The zero-order valence-electron chi connectivity index (χ0n) is 17.4. The van der Waals surface area contributed by atoms with Crippen molar-refractivity contribution in [3.63, 3.8) is 0 Å². The average Bonchev–Trinajstić information content (AvgIpc) is 3.13. The molecule has 0 spiro atoms. The van der Waals surface area contributed by atoms with Crippen molar-refractivity contribution in [3.05, 3.63) is 137 Å². The van der Waals surface area contributed by atoms with Crippen LogP contribution in [0.3, 0.4) is 0 Å². The van der Waals surface area contributed by atoms with E-state index in [0.717, 1.165) is 11.4 Å². The molecule has 5 aromatic rings. The Labute approximate surface area is 187 Å². The van der Waals surface area contributed by atoms with Crippen molar-refractivity contribution in [2.75, 3.05) is 0 Å². The molecule has 2 aliphatic heterocycles. The SMILES string of the molecule is c1ccc([NH+]2C3=C(c4ccccc4[N-]c4ccccc43)c3ccc4ccccc4c32)cc1. The average molecular weight is 409 g/mol. The number of para-hydroxylation sites is 3. The number of quaternary nitrogens is 1. The third-order valence-corrected chi connectivity index (χ3v) is 6.60. The Morgan fingerprint density at radius 3 is 2.00 bits per heavy atom. The number of fused-ring (bicyclic) bond motifs is 8. The van der Waals surface area contributed by atoms with Crippen molar-refractivity contribution < 1.29 is 4.90 Å². The van der Waals surface area contributed by atoms with E-state index in [2.05, 4.69) is 115 Å². The maximum atomic E-state index is 5.09. The van der Waals surface area contributed by atoms with Gasteiger partial charge in [-0.1, -0.05) is 91.0 Å². The van der Waals surface area contributed by atoms with Crippen LogP contribution < -0.4 is 4.90 Å². The second-order valence-corrected chi connectivity index (χ2v) is 8.35. The lowest BCUT2D eigenvalue weighted by Crippen LogP contribution is -2.98. The normalized spacial score (nSPS) is 15.9. The Balaban J connectivity index is 1.67. The summed E-state index contributed by atoms with van der Waals surface area (Å²) in [7, 11) is 0. The number of rotatable bonds is 1. The number of nitrogens with zero attached hydrogens (tertiary/aromatic N) is 1. The fourth-order valence-corrected chi connectivity index (χ4v) is 5.27. The summed E-state index contributed by atoms with van der Waals surface area (Å²) >= 11 is 0. The molecular formula is C30H20N2. The minimum atomic E-state index is 1.02. The van der Waals surface area contributed by atoms with E-state index in [9.17, 15) is 0 Å². The van der Waals surface area contributed by atoms with Gasteiger partial charge in [-0.25, -0.2) is 4.90 Å². The monoisotopic (exact) mass is 408 g/mol. The van der Waals surface area contributed by atoms with E-state index < -0.39 is 0 Å². The van der Waals surface area contributed by atoms with Crippen molar-refractivity contribution in [1.29, 1.82) is 0 Å². The summed E-state index contributed by atoms with van der Waals surface area (Å²) < 4.78 is 0. The van der Waals surface area contributed by atoms with Gasteiger partial charge >= 0.3 is 0 Å². The van der Waals surface area contributed by atoms with Gasteiger partial charge in [-0.3, -0.25) is 0 Å². The number of nitrogens with one attached hydrogen (secondary N) is 1. The quantitative estimate of drug-likeness (QED) is 0.301. The molecule has 0 fully saturated rings. The number of hydrogen-bond donors (Lipinski definition) is 1. The lowest BCUT2D eigenvalue weighted by molar-refractivity contribution is -0.668. The zero-order valence-corrected chi connectivity index (χ0v) is 17.4. The summed E-state index contributed by atoms with van der Waals surface area (Å²) in [6.45, 7) is 0. The Bertz CT molecular complexity index is 1550. The lowest BCUT2D eigenvalue weighted by Gasteiger charge is -2.27. The minimum absolute atomic E-state index is 1.02. The fourth-order valence-electron chi connectivity index (χ4n) is 5.27. The fraction of sp³-hybridized carbons (Fsp3) is 0. The van der Waals surface area contributed by atoms with Crippen LogP contribution in [0.1, 0.15) is 16.7 Å². The molecule has 2 heteroatoms. The predicted octanol–water partition coefficient (Wildman–Crippen LogP) is 7.27. The largest absolute Gasteiger partial charge is 0.657 e. The van der Waals surface area contributed by atoms with Crippen molar-refractivity contribution in [3.8, 4) is 0 Å². The summed E-state index contributed by atoms with van der Waals surface area (Å²) in [4.78, 5) is 1.30. The summed E-state index contributed by atoms with van der Waals surface area (Å²) in [6, 6.07) is 41.2. The molecule has 0 bridgehead atoms. The molecule has 0 amide bonds. The first-order valence-electron chi connectivity index (χ1n) is 11.0. The summed E-state index contributed by atoms with van der Waals surface area (Å²) in [5, 5.41) is 7.66. The highest BCUT2D eigenvalue weighted by Crippen LogP contribution is 2.51. The third kappa shape index (κ3) is 2.38. The van der Waals surface area contributed by atoms with E-state index in [0.29, 0.717) is 0 Å². The van der Waals surface area contributed by atoms with Crippen LogP contribution in [-0.4, -0.2) is 0 Å². The third-order valence-electron chi connectivity index (χ3n) is 6.60. The number of hydrogen-bond acceptors (Lipinski definition) is 0. The van der Waals surface area contributed by atoms with Gasteiger partial charge in [0.05, 0.1) is 11.1 Å². The summed E-state index contributed by atoms with van der Waals surface area (Å²) in [5.41, 5.74) is 10.9. The van der Waals surface area contributed by atoms with E-state index in [1.54, 1.807) is 0 Å². The second kappa shape index (κ2) is 6.68. The van der Waals surface area contributed by atoms with Gasteiger partial charge in [-0.05, 0) is 35.2 Å². The predicted molar refractivity (Wildman–Crippen MR) is 132 cm³/mol. The molecular weight excluding hydrogens is 388 g/mol. The molecule has 2 nitrogen and oxygen atoms in total. The molecule has 1 atom stereocenters. The molecule has 0 radical (unpaired) electrons. The van der Waals surface area contributed by atoms with Crippen LogP contribution in [0.2, 0.25) is 0 Å². The van der Waals surface area contributed by atoms with E-state index in [4.69, 9.17) is 5.32 Å². The highest BCUT2D eigenvalue weighted by atomic mass is 15.2. The van der Waals surface area contributed by atoms with Gasteiger partial charge < -0.3 is 5.32 Å². The van der Waals surface area contributed by atoms with Gasteiger partial charge in [0, 0.05) is 10.9 Å². The first-order valence-corrected chi connectivity index (χ1v) is 11.0. The van der Waals surface area contributed by atoms with Crippen LogP contribution in [0.5, 0.6) is 0 Å². The highest BCUT2D eigenvalue weighted by Gasteiger charge is 2.40. The van der Waals surface area contributed by atoms with Crippen LogP contribution in [-0.2, 0) is 0 Å². The summed E-state index contributed by atoms with van der Waals surface area (Å²) in [6.07, 6.45) is 0. The van der Waals surface area contributed by atoms with Crippen molar-refractivity contribution in [2.45, 2.75) is 0 Å². The standard InChI is InChI=1S/C30H19N2/c1-2-11-21(12-3-1)32-29-22-13-5-4-10-20(22)18-19-25(29)28-23-14-6-8-16-26(23)31-27-17-9-7-15-24(27)30(28)32/h1-19H/q-1/p+1. The number of benzene rings is 5. The Morgan fingerprint density at radius 2 is 1.16 bits per heavy atom. The highest BCUT2D eigenvalue weighted by molar-refractivity contribution is 6.13.